The standard InChI is InChI=1S/C12H16FN3O2/c1-8-11(13)12(15-7-14-8)16-4-2-9(3-5-16)6-10(17)18/h7,9H,2-6H2,1H3,(H,17,18). The van der Waals surface area contributed by atoms with Crippen LogP contribution in [0.4, 0.5) is 10.2 Å². The predicted octanol–water partition coefficient (Wildman–Crippen LogP) is 1.62. The van der Waals surface area contributed by atoms with Crippen LogP contribution in [-0.2, 0) is 4.79 Å². The summed E-state index contributed by atoms with van der Waals surface area (Å²) in [6.45, 7) is 2.90. The molecule has 1 aliphatic rings. The Kier molecular flexibility index (Phi) is 3.74. The summed E-state index contributed by atoms with van der Waals surface area (Å²) in [6.07, 6.45) is 3.07. The molecule has 1 N–H and O–H groups in total. The summed E-state index contributed by atoms with van der Waals surface area (Å²) >= 11 is 0. The van der Waals surface area contributed by atoms with Crippen LogP contribution in [0.1, 0.15) is 25.0 Å². The summed E-state index contributed by atoms with van der Waals surface area (Å²) in [7, 11) is 0. The van der Waals surface area contributed by atoms with Gasteiger partial charge in [0.25, 0.3) is 0 Å². The number of hydrogen-bond acceptors (Lipinski definition) is 4. The van der Waals surface area contributed by atoms with Crippen molar-refractivity contribution in [3.05, 3.63) is 17.8 Å². The lowest BCUT2D eigenvalue weighted by Crippen LogP contribution is -2.35. The van der Waals surface area contributed by atoms with Crippen LogP contribution in [0.5, 0.6) is 0 Å². The number of nitrogens with zero attached hydrogens (tertiary/aromatic N) is 3. The summed E-state index contributed by atoms with van der Waals surface area (Å²) in [4.78, 5) is 20.3. The van der Waals surface area contributed by atoms with Crippen LogP contribution in [0, 0.1) is 18.7 Å². The fourth-order valence-corrected chi connectivity index (χ4v) is 2.26. The largest absolute Gasteiger partial charge is 0.481 e. The molecule has 0 atom stereocenters. The smallest absolute Gasteiger partial charge is 0.303 e. The summed E-state index contributed by atoms with van der Waals surface area (Å²) < 4.78 is 13.8. The molecule has 0 bridgehead atoms. The number of aryl methyl sites for hydroxylation is 1. The lowest BCUT2D eigenvalue weighted by Gasteiger charge is -2.32. The van der Waals surface area contributed by atoms with Gasteiger partial charge in [0.05, 0.1) is 5.69 Å². The Bertz CT molecular complexity index is 445. The SMILES string of the molecule is Cc1ncnc(N2CCC(CC(=O)O)CC2)c1F. The number of hydrogen-bond donors (Lipinski definition) is 1. The maximum absolute atomic E-state index is 13.8. The number of anilines is 1. The second-order valence-corrected chi connectivity index (χ2v) is 4.62. The zero-order chi connectivity index (χ0) is 13.1. The van der Waals surface area contributed by atoms with Crippen molar-refractivity contribution in [3.8, 4) is 0 Å². The van der Waals surface area contributed by atoms with Crippen molar-refractivity contribution in [2.45, 2.75) is 26.2 Å². The van der Waals surface area contributed by atoms with Gasteiger partial charge in [-0.2, -0.15) is 0 Å². The Hall–Kier alpha value is -1.72. The third-order valence-electron chi connectivity index (χ3n) is 3.32. The number of aliphatic carboxylic acids is 1. The fraction of sp³-hybridized carbons (Fsp3) is 0.583. The number of piperidine rings is 1. The van der Waals surface area contributed by atoms with Crippen LogP contribution in [0.2, 0.25) is 0 Å². The molecule has 1 aromatic rings. The van der Waals surface area contributed by atoms with Crippen LogP contribution >= 0.6 is 0 Å². The number of rotatable bonds is 3. The summed E-state index contributed by atoms with van der Waals surface area (Å²) in [6, 6.07) is 0. The normalized spacial score (nSPS) is 16.9. The minimum atomic E-state index is -0.766. The van der Waals surface area contributed by atoms with Crippen LogP contribution in [0.25, 0.3) is 0 Å². The maximum atomic E-state index is 13.8. The quantitative estimate of drug-likeness (QED) is 0.886. The number of carbonyl (C=O) groups is 1. The highest BCUT2D eigenvalue weighted by molar-refractivity contribution is 5.67. The Morgan fingerprint density at radius 3 is 2.78 bits per heavy atom. The van der Waals surface area contributed by atoms with Crippen molar-refractivity contribution in [1.29, 1.82) is 0 Å². The molecule has 0 spiro atoms. The van der Waals surface area contributed by atoms with Gasteiger partial charge >= 0.3 is 5.97 Å². The van der Waals surface area contributed by atoms with E-state index in [-0.39, 0.29) is 18.2 Å². The van der Waals surface area contributed by atoms with Gasteiger partial charge in [-0.05, 0) is 25.7 Å². The summed E-state index contributed by atoms with van der Waals surface area (Å²) in [5.74, 6) is -0.632. The highest BCUT2D eigenvalue weighted by atomic mass is 19.1. The molecular weight excluding hydrogens is 237 g/mol. The van der Waals surface area contributed by atoms with Crippen LogP contribution in [0.15, 0.2) is 6.33 Å². The van der Waals surface area contributed by atoms with E-state index >= 15 is 0 Å². The van der Waals surface area contributed by atoms with E-state index in [1.165, 1.54) is 6.33 Å². The lowest BCUT2D eigenvalue weighted by molar-refractivity contribution is -0.138. The Morgan fingerprint density at radius 2 is 2.17 bits per heavy atom. The molecule has 2 rings (SSSR count). The second-order valence-electron chi connectivity index (χ2n) is 4.62. The molecule has 0 aromatic carbocycles. The second kappa shape index (κ2) is 5.29. The molecule has 0 unspecified atom stereocenters. The number of carboxylic acids is 1. The fourth-order valence-electron chi connectivity index (χ4n) is 2.26. The minimum Gasteiger partial charge on any atom is -0.481 e. The zero-order valence-electron chi connectivity index (χ0n) is 10.3. The topological polar surface area (TPSA) is 66.3 Å². The monoisotopic (exact) mass is 253 g/mol. The first-order valence-corrected chi connectivity index (χ1v) is 6.01. The average Bonchev–Trinajstić information content (AvgIpc) is 2.33. The van der Waals surface area contributed by atoms with E-state index < -0.39 is 5.97 Å². The molecule has 0 amide bonds. The van der Waals surface area contributed by atoms with E-state index in [1.807, 2.05) is 4.90 Å². The van der Waals surface area contributed by atoms with Gasteiger partial charge in [-0.25, -0.2) is 14.4 Å². The van der Waals surface area contributed by atoms with Gasteiger partial charge < -0.3 is 10.0 Å². The molecule has 1 fully saturated rings. The Labute approximate surface area is 105 Å². The average molecular weight is 253 g/mol. The third-order valence-corrected chi connectivity index (χ3v) is 3.32. The molecule has 98 valence electrons. The molecular formula is C12H16FN3O2. The van der Waals surface area contributed by atoms with E-state index in [0.29, 0.717) is 24.6 Å². The highest BCUT2D eigenvalue weighted by Crippen LogP contribution is 2.25. The Morgan fingerprint density at radius 1 is 1.50 bits per heavy atom. The molecule has 18 heavy (non-hydrogen) atoms. The van der Waals surface area contributed by atoms with Gasteiger partial charge in [-0.3, -0.25) is 4.79 Å². The molecule has 2 heterocycles. The van der Waals surface area contributed by atoms with Gasteiger partial charge in [-0.1, -0.05) is 0 Å². The van der Waals surface area contributed by atoms with Crippen molar-refractivity contribution in [2.75, 3.05) is 18.0 Å². The summed E-state index contributed by atoms with van der Waals surface area (Å²) in [5.41, 5.74) is 0.340. The van der Waals surface area contributed by atoms with Crippen molar-refractivity contribution < 1.29 is 14.3 Å². The van der Waals surface area contributed by atoms with Crippen molar-refractivity contribution in [2.24, 2.45) is 5.92 Å². The number of aromatic nitrogens is 2. The van der Waals surface area contributed by atoms with E-state index in [4.69, 9.17) is 5.11 Å². The van der Waals surface area contributed by atoms with Gasteiger partial charge in [-0.15, -0.1) is 0 Å². The molecule has 0 radical (unpaired) electrons. The van der Waals surface area contributed by atoms with E-state index in [0.717, 1.165) is 12.8 Å². The van der Waals surface area contributed by atoms with Gasteiger partial charge in [0.15, 0.2) is 11.6 Å². The molecule has 5 nitrogen and oxygen atoms in total. The van der Waals surface area contributed by atoms with Crippen molar-refractivity contribution in [1.82, 2.24) is 9.97 Å². The van der Waals surface area contributed by atoms with Crippen molar-refractivity contribution in [3.63, 3.8) is 0 Å². The van der Waals surface area contributed by atoms with E-state index in [1.54, 1.807) is 6.92 Å². The molecule has 0 saturated carbocycles. The van der Waals surface area contributed by atoms with Gasteiger partial charge in [0, 0.05) is 19.5 Å². The highest BCUT2D eigenvalue weighted by Gasteiger charge is 2.24. The lowest BCUT2D eigenvalue weighted by atomic mass is 9.93. The van der Waals surface area contributed by atoms with Crippen molar-refractivity contribution >= 4 is 11.8 Å². The first-order chi connectivity index (χ1) is 8.58. The number of carboxylic acid groups (broad SMARTS) is 1. The zero-order valence-corrected chi connectivity index (χ0v) is 10.3. The van der Waals surface area contributed by atoms with Crippen LogP contribution < -0.4 is 4.90 Å². The molecule has 6 heteroatoms. The first kappa shape index (κ1) is 12.7. The van der Waals surface area contributed by atoms with Gasteiger partial charge in [0.2, 0.25) is 0 Å². The number of halogens is 1. The van der Waals surface area contributed by atoms with Gasteiger partial charge in [0.1, 0.15) is 6.33 Å². The minimum absolute atomic E-state index is 0.185. The summed E-state index contributed by atoms with van der Waals surface area (Å²) in [5, 5.41) is 8.73. The molecule has 1 aliphatic heterocycles. The van der Waals surface area contributed by atoms with E-state index in [9.17, 15) is 9.18 Å². The third kappa shape index (κ3) is 2.75. The van der Waals surface area contributed by atoms with Crippen LogP contribution in [0.3, 0.4) is 0 Å². The first-order valence-electron chi connectivity index (χ1n) is 6.01. The maximum Gasteiger partial charge on any atom is 0.303 e. The predicted molar refractivity (Wildman–Crippen MR) is 63.9 cm³/mol. The molecule has 0 aliphatic carbocycles. The van der Waals surface area contributed by atoms with Crippen LogP contribution in [-0.4, -0.2) is 34.1 Å². The Balaban J connectivity index is 2.01. The molecule has 1 aromatic heterocycles. The van der Waals surface area contributed by atoms with E-state index in [2.05, 4.69) is 9.97 Å². The molecule has 1 saturated heterocycles.